The summed E-state index contributed by atoms with van der Waals surface area (Å²) in [5.41, 5.74) is 7.66. The highest BCUT2D eigenvalue weighted by Crippen LogP contribution is 2.16. The molecular formula is C13H14N2O2. The Morgan fingerprint density at radius 3 is 2.82 bits per heavy atom. The molecule has 0 atom stereocenters. The summed E-state index contributed by atoms with van der Waals surface area (Å²) < 4.78 is 5.13. The van der Waals surface area contributed by atoms with Gasteiger partial charge in [-0.1, -0.05) is 12.1 Å². The van der Waals surface area contributed by atoms with Crippen molar-refractivity contribution in [3.8, 4) is 0 Å². The first kappa shape index (κ1) is 11.3. The van der Waals surface area contributed by atoms with Crippen LogP contribution in [-0.2, 0) is 6.54 Å². The molecule has 2 aromatic rings. The number of nitrogens with one attached hydrogen (secondary N) is 1. The number of rotatable bonds is 3. The number of carbonyl (C=O) groups excluding carboxylic acids is 1. The van der Waals surface area contributed by atoms with Crippen molar-refractivity contribution < 1.29 is 9.21 Å². The van der Waals surface area contributed by atoms with Crippen LogP contribution in [0.2, 0.25) is 0 Å². The van der Waals surface area contributed by atoms with E-state index in [1.54, 1.807) is 18.4 Å². The summed E-state index contributed by atoms with van der Waals surface area (Å²) in [6.45, 7) is 2.22. The SMILES string of the molecule is Cc1cccc(N)c1C(=O)NCc1ccco1. The van der Waals surface area contributed by atoms with Crippen LogP contribution >= 0.6 is 0 Å². The minimum atomic E-state index is -0.183. The minimum Gasteiger partial charge on any atom is -0.467 e. The lowest BCUT2D eigenvalue weighted by molar-refractivity contribution is 0.0948. The first-order valence-corrected chi connectivity index (χ1v) is 5.34. The van der Waals surface area contributed by atoms with Gasteiger partial charge in [-0.25, -0.2) is 0 Å². The van der Waals surface area contributed by atoms with Crippen LogP contribution in [0.4, 0.5) is 5.69 Å². The predicted octanol–water partition coefficient (Wildman–Crippen LogP) is 2.10. The average molecular weight is 230 g/mol. The highest BCUT2D eigenvalue weighted by Gasteiger charge is 2.12. The van der Waals surface area contributed by atoms with Gasteiger partial charge in [0.2, 0.25) is 0 Å². The van der Waals surface area contributed by atoms with E-state index >= 15 is 0 Å². The van der Waals surface area contributed by atoms with Crippen LogP contribution in [0.25, 0.3) is 0 Å². The van der Waals surface area contributed by atoms with Gasteiger partial charge >= 0.3 is 0 Å². The number of benzene rings is 1. The van der Waals surface area contributed by atoms with Gasteiger partial charge in [0.25, 0.3) is 5.91 Å². The lowest BCUT2D eigenvalue weighted by atomic mass is 10.1. The number of furan rings is 1. The number of aryl methyl sites for hydroxylation is 1. The quantitative estimate of drug-likeness (QED) is 0.793. The van der Waals surface area contributed by atoms with Crippen molar-refractivity contribution in [3.63, 3.8) is 0 Å². The lowest BCUT2D eigenvalue weighted by Crippen LogP contribution is -2.24. The van der Waals surface area contributed by atoms with Crippen molar-refractivity contribution in [3.05, 3.63) is 53.5 Å². The van der Waals surface area contributed by atoms with Crippen molar-refractivity contribution in [1.82, 2.24) is 5.32 Å². The summed E-state index contributed by atoms with van der Waals surface area (Å²) in [7, 11) is 0. The molecule has 3 N–H and O–H groups in total. The largest absolute Gasteiger partial charge is 0.467 e. The number of nitrogens with two attached hydrogens (primary N) is 1. The molecule has 0 unspecified atom stereocenters. The highest BCUT2D eigenvalue weighted by atomic mass is 16.3. The van der Waals surface area contributed by atoms with Crippen LogP contribution in [0.1, 0.15) is 21.7 Å². The molecule has 0 saturated heterocycles. The van der Waals surface area contributed by atoms with Crippen LogP contribution in [0.5, 0.6) is 0 Å². The van der Waals surface area contributed by atoms with Gasteiger partial charge in [-0.3, -0.25) is 4.79 Å². The topological polar surface area (TPSA) is 68.3 Å². The van der Waals surface area contributed by atoms with Gasteiger partial charge in [0.1, 0.15) is 5.76 Å². The third-order valence-electron chi connectivity index (χ3n) is 2.54. The number of anilines is 1. The molecule has 0 saturated carbocycles. The number of hydrogen-bond donors (Lipinski definition) is 2. The second kappa shape index (κ2) is 4.74. The molecule has 0 radical (unpaired) electrons. The molecule has 2 rings (SSSR count). The molecule has 1 amide bonds. The van der Waals surface area contributed by atoms with Crippen LogP contribution in [0, 0.1) is 6.92 Å². The number of carbonyl (C=O) groups is 1. The fraction of sp³-hybridized carbons (Fsp3) is 0.154. The molecular weight excluding hydrogens is 216 g/mol. The summed E-state index contributed by atoms with van der Waals surface area (Å²) in [5, 5.41) is 2.77. The maximum atomic E-state index is 11.9. The zero-order valence-corrected chi connectivity index (χ0v) is 9.57. The molecule has 1 aromatic heterocycles. The Kier molecular flexibility index (Phi) is 3.14. The average Bonchev–Trinajstić information content (AvgIpc) is 2.79. The van der Waals surface area contributed by atoms with Crippen LogP contribution in [0.15, 0.2) is 41.0 Å². The number of nitrogen functional groups attached to an aromatic ring is 1. The zero-order chi connectivity index (χ0) is 12.3. The first-order valence-electron chi connectivity index (χ1n) is 5.34. The van der Waals surface area contributed by atoms with E-state index in [1.807, 2.05) is 25.1 Å². The highest BCUT2D eigenvalue weighted by molar-refractivity contribution is 6.00. The predicted molar refractivity (Wildman–Crippen MR) is 65.5 cm³/mol. The monoisotopic (exact) mass is 230 g/mol. The molecule has 17 heavy (non-hydrogen) atoms. The standard InChI is InChI=1S/C13H14N2O2/c1-9-4-2-6-11(14)12(9)13(16)15-8-10-5-3-7-17-10/h2-7H,8,14H2,1H3,(H,15,16). The van der Waals surface area contributed by atoms with Gasteiger partial charge in [-0.15, -0.1) is 0 Å². The van der Waals surface area contributed by atoms with E-state index in [2.05, 4.69) is 5.32 Å². The molecule has 0 aliphatic heterocycles. The van der Waals surface area contributed by atoms with Crippen LogP contribution in [0.3, 0.4) is 0 Å². The summed E-state index contributed by atoms with van der Waals surface area (Å²) in [6, 6.07) is 8.99. The Balaban J connectivity index is 2.10. The third kappa shape index (κ3) is 2.47. The molecule has 0 aliphatic rings. The summed E-state index contributed by atoms with van der Waals surface area (Å²) in [4.78, 5) is 11.9. The summed E-state index contributed by atoms with van der Waals surface area (Å²) in [5.74, 6) is 0.530. The van der Waals surface area contributed by atoms with Crippen molar-refractivity contribution in [2.45, 2.75) is 13.5 Å². The van der Waals surface area contributed by atoms with Crippen LogP contribution < -0.4 is 11.1 Å². The number of amides is 1. The first-order chi connectivity index (χ1) is 8.18. The fourth-order valence-electron chi connectivity index (χ4n) is 1.67. The van der Waals surface area contributed by atoms with Gasteiger partial charge in [0, 0.05) is 5.69 Å². The van der Waals surface area contributed by atoms with Crippen LogP contribution in [-0.4, -0.2) is 5.91 Å². The van der Waals surface area contributed by atoms with Crippen molar-refractivity contribution in [2.75, 3.05) is 5.73 Å². The molecule has 1 heterocycles. The molecule has 1 aromatic carbocycles. The Labute approximate surface area is 99.4 Å². The Hall–Kier alpha value is -2.23. The second-order valence-corrected chi connectivity index (χ2v) is 3.80. The Morgan fingerprint density at radius 1 is 1.35 bits per heavy atom. The molecule has 88 valence electrons. The molecule has 0 aliphatic carbocycles. The van der Waals surface area contributed by atoms with Gasteiger partial charge in [0.15, 0.2) is 0 Å². The zero-order valence-electron chi connectivity index (χ0n) is 9.57. The van der Waals surface area contributed by atoms with Gasteiger partial charge in [-0.2, -0.15) is 0 Å². The van der Waals surface area contributed by atoms with E-state index in [4.69, 9.17) is 10.2 Å². The summed E-state index contributed by atoms with van der Waals surface area (Å²) >= 11 is 0. The fourth-order valence-corrected chi connectivity index (χ4v) is 1.67. The Morgan fingerprint density at radius 2 is 2.18 bits per heavy atom. The molecule has 0 spiro atoms. The molecule has 4 heteroatoms. The van der Waals surface area contributed by atoms with E-state index in [1.165, 1.54) is 0 Å². The maximum Gasteiger partial charge on any atom is 0.254 e. The molecule has 4 nitrogen and oxygen atoms in total. The van der Waals surface area contributed by atoms with E-state index in [0.29, 0.717) is 23.6 Å². The molecule has 0 fully saturated rings. The maximum absolute atomic E-state index is 11.9. The van der Waals surface area contributed by atoms with Crippen molar-refractivity contribution in [1.29, 1.82) is 0 Å². The smallest absolute Gasteiger partial charge is 0.254 e. The van der Waals surface area contributed by atoms with E-state index in [9.17, 15) is 4.79 Å². The lowest BCUT2D eigenvalue weighted by Gasteiger charge is -2.09. The molecule has 0 bridgehead atoms. The van der Waals surface area contributed by atoms with E-state index in [0.717, 1.165) is 5.56 Å². The Bertz CT molecular complexity index is 498. The van der Waals surface area contributed by atoms with E-state index < -0.39 is 0 Å². The van der Waals surface area contributed by atoms with Crippen molar-refractivity contribution >= 4 is 11.6 Å². The van der Waals surface area contributed by atoms with E-state index in [-0.39, 0.29) is 5.91 Å². The second-order valence-electron chi connectivity index (χ2n) is 3.80. The number of hydrogen-bond acceptors (Lipinski definition) is 3. The minimum absolute atomic E-state index is 0.183. The van der Waals surface area contributed by atoms with Gasteiger partial charge in [-0.05, 0) is 30.7 Å². The summed E-state index contributed by atoms with van der Waals surface area (Å²) in [6.07, 6.45) is 1.57. The van der Waals surface area contributed by atoms with Gasteiger partial charge in [0.05, 0.1) is 18.4 Å². The van der Waals surface area contributed by atoms with Gasteiger partial charge < -0.3 is 15.5 Å². The third-order valence-corrected chi connectivity index (χ3v) is 2.54. The normalized spacial score (nSPS) is 10.2. The van der Waals surface area contributed by atoms with Crippen molar-refractivity contribution in [2.24, 2.45) is 0 Å².